The Bertz CT molecular complexity index is 500. The van der Waals surface area contributed by atoms with Crippen molar-refractivity contribution in [1.82, 2.24) is 19.7 Å². The Hall–Kier alpha value is -1.39. The van der Waals surface area contributed by atoms with Crippen LogP contribution >= 0.6 is 0 Å². The van der Waals surface area contributed by atoms with Crippen molar-refractivity contribution in [2.45, 2.75) is 58.0 Å². The lowest BCUT2D eigenvalue weighted by Crippen LogP contribution is -2.43. The summed E-state index contributed by atoms with van der Waals surface area (Å²) in [6.45, 7) is 9.16. The van der Waals surface area contributed by atoms with Crippen molar-refractivity contribution in [3.63, 3.8) is 0 Å². The van der Waals surface area contributed by atoms with Crippen molar-refractivity contribution >= 4 is 5.91 Å². The fraction of sp³-hybridized carbons (Fsp3) is 0.769. The van der Waals surface area contributed by atoms with Gasteiger partial charge in [-0.3, -0.25) is 4.79 Å². The largest absolute Gasteiger partial charge is 0.331 e. The number of aromatic nitrogens is 3. The van der Waals surface area contributed by atoms with E-state index < -0.39 is 0 Å². The first-order valence-corrected chi connectivity index (χ1v) is 6.67. The van der Waals surface area contributed by atoms with E-state index in [1.807, 2.05) is 11.8 Å². The third-order valence-corrected chi connectivity index (χ3v) is 3.97. The molecule has 0 saturated carbocycles. The van der Waals surface area contributed by atoms with Gasteiger partial charge in [0.05, 0.1) is 6.04 Å². The average molecular weight is 248 g/mol. The number of hydrogen-bond acceptors (Lipinski definition) is 3. The minimum Gasteiger partial charge on any atom is -0.331 e. The van der Waals surface area contributed by atoms with Gasteiger partial charge in [-0.15, -0.1) is 10.2 Å². The Balaban J connectivity index is 2.16. The molecule has 3 heterocycles. The molecule has 0 spiro atoms. The van der Waals surface area contributed by atoms with Crippen LogP contribution in [0.1, 0.15) is 64.3 Å². The van der Waals surface area contributed by atoms with Gasteiger partial charge in [0.2, 0.25) is 5.91 Å². The Morgan fingerprint density at radius 3 is 2.67 bits per heavy atom. The molecule has 1 fully saturated rings. The number of carbonyl (C=O) groups excluding carboxylic acids is 1. The normalized spacial score (nSPS) is 27.3. The van der Waals surface area contributed by atoms with Crippen molar-refractivity contribution in [2.75, 3.05) is 6.54 Å². The lowest BCUT2D eigenvalue weighted by atomic mass is 9.94. The second-order valence-corrected chi connectivity index (χ2v) is 6.37. The zero-order valence-electron chi connectivity index (χ0n) is 11.5. The first-order chi connectivity index (χ1) is 8.41. The van der Waals surface area contributed by atoms with Crippen molar-refractivity contribution in [3.8, 4) is 0 Å². The summed E-state index contributed by atoms with van der Waals surface area (Å²) >= 11 is 0. The molecule has 2 atom stereocenters. The van der Waals surface area contributed by atoms with Gasteiger partial charge in [-0.1, -0.05) is 20.8 Å². The van der Waals surface area contributed by atoms with E-state index in [0.717, 1.165) is 31.0 Å². The van der Waals surface area contributed by atoms with Gasteiger partial charge in [0.25, 0.3) is 0 Å². The van der Waals surface area contributed by atoms with Crippen LogP contribution in [0.4, 0.5) is 0 Å². The monoisotopic (exact) mass is 248 g/mol. The quantitative estimate of drug-likeness (QED) is 0.703. The molecule has 0 N–H and O–H groups in total. The molecular weight excluding hydrogens is 228 g/mol. The Morgan fingerprint density at radius 1 is 1.28 bits per heavy atom. The molecule has 3 rings (SSSR count). The van der Waals surface area contributed by atoms with Gasteiger partial charge >= 0.3 is 0 Å². The standard InChI is InChI=1S/C13H20N4O/c1-8-11(18)16-7-5-6-9(16)10-14-15-12(17(8)10)13(2,3)4/h8-9H,5-7H2,1-4H3/t8-,9+/m0/s1. The summed E-state index contributed by atoms with van der Waals surface area (Å²) in [6.07, 6.45) is 2.08. The van der Waals surface area contributed by atoms with Crippen LogP contribution in [0, 0.1) is 0 Å². The average Bonchev–Trinajstić information content (AvgIpc) is 2.89. The van der Waals surface area contributed by atoms with Crippen molar-refractivity contribution in [1.29, 1.82) is 0 Å². The maximum Gasteiger partial charge on any atom is 0.246 e. The number of amides is 1. The van der Waals surface area contributed by atoms with Crippen LogP contribution < -0.4 is 0 Å². The molecule has 1 saturated heterocycles. The fourth-order valence-corrected chi connectivity index (χ4v) is 3.07. The number of nitrogens with zero attached hydrogens (tertiary/aromatic N) is 4. The highest BCUT2D eigenvalue weighted by atomic mass is 16.2. The molecule has 0 aliphatic carbocycles. The molecular formula is C13H20N4O. The van der Waals surface area contributed by atoms with Gasteiger partial charge in [-0.25, -0.2) is 0 Å². The second-order valence-electron chi connectivity index (χ2n) is 6.37. The third-order valence-electron chi connectivity index (χ3n) is 3.97. The van der Waals surface area contributed by atoms with E-state index >= 15 is 0 Å². The summed E-state index contributed by atoms with van der Waals surface area (Å²) in [6, 6.07) is -0.0177. The van der Waals surface area contributed by atoms with Gasteiger partial charge in [-0.05, 0) is 19.8 Å². The maximum atomic E-state index is 12.4. The van der Waals surface area contributed by atoms with E-state index in [4.69, 9.17) is 0 Å². The highest BCUT2D eigenvalue weighted by Gasteiger charge is 2.43. The summed E-state index contributed by atoms with van der Waals surface area (Å²) in [4.78, 5) is 14.4. The Morgan fingerprint density at radius 2 is 2.00 bits per heavy atom. The predicted octanol–water partition coefficient (Wildman–Crippen LogP) is 1.81. The van der Waals surface area contributed by atoms with E-state index in [-0.39, 0.29) is 23.4 Å². The molecule has 2 aliphatic heterocycles. The van der Waals surface area contributed by atoms with Gasteiger partial charge < -0.3 is 9.47 Å². The smallest absolute Gasteiger partial charge is 0.246 e. The van der Waals surface area contributed by atoms with Gasteiger partial charge in [-0.2, -0.15) is 0 Å². The third kappa shape index (κ3) is 1.42. The number of carbonyl (C=O) groups is 1. The summed E-state index contributed by atoms with van der Waals surface area (Å²) in [5.74, 6) is 2.12. The van der Waals surface area contributed by atoms with Crippen molar-refractivity contribution in [2.24, 2.45) is 0 Å². The molecule has 5 heteroatoms. The van der Waals surface area contributed by atoms with E-state index in [9.17, 15) is 4.79 Å². The van der Waals surface area contributed by atoms with E-state index in [1.165, 1.54) is 0 Å². The van der Waals surface area contributed by atoms with E-state index in [1.54, 1.807) is 0 Å². The van der Waals surface area contributed by atoms with E-state index in [0.29, 0.717) is 0 Å². The lowest BCUT2D eigenvalue weighted by molar-refractivity contribution is -0.137. The Labute approximate surface area is 107 Å². The highest BCUT2D eigenvalue weighted by molar-refractivity contribution is 5.82. The maximum absolute atomic E-state index is 12.4. The van der Waals surface area contributed by atoms with Crippen molar-refractivity contribution in [3.05, 3.63) is 11.6 Å². The number of hydrogen-bond donors (Lipinski definition) is 0. The van der Waals surface area contributed by atoms with Crippen LogP contribution in [0.25, 0.3) is 0 Å². The summed E-state index contributed by atoms with van der Waals surface area (Å²) in [7, 11) is 0. The molecule has 0 radical (unpaired) electrons. The zero-order chi connectivity index (χ0) is 13.1. The van der Waals surface area contributed by atoms with Crippen molar-refractivity contribution < 1.29 is 4.79 Å². The minimum atomic E-state index is -0.168. The van der Waals surface area contributed by atoms with Crippen LogP contribution in [0.15, 0.2) is 0 Å². The molecule has 2 aliphatic rings. The zero-order valence-corrected chi connectivity index (χ0v) is 11.5. The SMILES string of the molecule is C[C@H]1C(=O)N2CCC[C@@H]2c2nnc(C(C)(C)C)n21. The number of rotatable bonds is 0. The van der Waals surface area contributed by atoms with Gasteiger partial charge in [0.1, 0.15) is 11.9 Å². The predicted molar refractivity (Wildman–Crippen MR) is 67.1 cm³/mol. The lowest BCUT2D eigenvalue weighted by Gasteiger charge is -2.35. The molecule has 1 aromatic heterocycles. The Kier molecular flexibility index (Phi) is 2.31. The fourth-order valence-electron chi connectivity index (χ4n) is 3.07. The van der Waals surface area contributed by atoms with Gasteiger partial charge in [0, 0.05) is 12.0 Å². The molecule has 0 bridgehead atoms. The molecule has 18 heavy (non-hydrogen) atoms. The molecule has 0 unspecified atom stereocenters. The molecule has 1 amide bonds. The first kappa shape index (κ1) is 11.7. The molecule has 1 aromatic rings. The second kappa shape index (κ2) is 3.56. The number of fused-ring (bicyclic) bond motifs is 3. The summed E-state index contributed by atoms with van der Waals surface area (Å²) in [5, 5.41) is 8.72. The van der Waals surface area contributed by atoms with Crippen LogP contribution in [-0.2, 0) is 10.2 Å². The first-order valence-electron chi connectivity index (χ1n) is 6.67. The molecule has 5 nitrogen and oxygen atoms in total. The molecule has 98 valence electrons. The summed E-state index contributed by atoms with van der Waals surface area (Å²) < 4.78 is 2.06. The van der Waals surface area contributed by atoms with Crippen LogP contribution in [0.2, 0.25) is 0 Å². The highest BCUT2D eigenvalue weighted by Crippen LogP contribution is 2.40. The summed E-state index contributed by atoms with van der Waals surface area (Å²) in [5.41, 5.74) is -0.0828. The topological polar surface area (TPSA) is 51.0 Å². The molecule has 0 aromatic carbocycles. The van der Waals surface area contributed by atoms with Gasteiger partial charge in [0.15, 0.2) is 5.82 Å². The van der Waals surface area contributed by atoms with Crippen LogP contribution in [-0.4, -0.2) is 32.1 Å². The van der Waals surface area contributed by atoms with E-state index in [2.05, 4.69) is 35.5 Å². The van der Waals surface area contributed by atoms with Crippen LogP contribution in [0.5, 0.6) is 0 Å². The van der Waals surface area contributed by atoms with Crippen LogP contribution in [0.3, 0.4) is 0 Å². The minimum absolute atomic E-state index is 0.0828.